The second-order valence-electron chi connectivity index (χ2n) is 4.49. The molecule has 0 unspecified atom stereocenters. The van der Waals surface area contributed by atoms with Crippen molar-refractivity contribution in [2.24, 2.45) is 15.0 Å². The Balaban J connectivity index is 1.92. The zero-order chi connectivity index (χ0) is 13.5. The van der Waals surface area contributed by atoms with Crippen LogP contribution in [0.1, 0.15) is 0 Å². The minimum Gasteiger partial charge on any atom is -0.493 e. The highest BCUT2D eigenvalue weighted by Gasteiger charge is 2.11. The largest absolute Gasteiger partial charge is 0.493 e. The van der Waals surface area contributed by atoms with Gasteiger partial charge in [-0.3, -0.25) is 0 Å². The average molecular weight is 262 g/mol. The van der Waals surface area contributed by atoms with Crippen LogP contribution >= 0.6 is 0 Å². The molecule has 20 heavy (non-hydrogen) atoms. The fraction of sp³-hybridized carbons (Fsp3) is 0. The number of hydrogen-bond donors (Lipinski definition) is 2. The summed E-state index contributed by atoms with van der Waals surface area (Å²) >= 11 is 0. The highest BCUT2D eigenvalue weighted by Crippen LogP contribution is 2.35. The van der Waals surface area contributed by atoms with Gasteiger partial charge in [-0.05, 0) is 18.2 Å². The van der Waals surface area contributed by atoms with Gasteiger partial charge < -0.3 is 10.1 Å². The number of aliphatic imine (C=N–C) groups is 1. The third-order valence-electron chi connectivity index (χ3n) is 3.19. The van der Waals surface area contributed by atoms with Gasteiger partial charge in [-0.2, -0.15) is 0 Å². The summed E-state index contributed by atoms with van der Waals surface area (Å²) in [6, 6.07) is 15.2. The molecule has 0 saturated carbocycles. The van der Waals surface area contributed by atoms with Crippen LogP contribution in [0.3, 0.4) is 0 Å². The fourth-order valence-corrected chi connectivity index (χ4v) is 2.27. The number of H-pyrrole nitrogens is 1. The molecule has 0 amide bonds. The van der Waals surface area contributed by atoms with E-state index in [0.29, 0.717) is 11.6 Å². The van der Waals surface area contributed by atoms with Gasteiger partial charge in [0, 0.05) is 5.39 Å². The lowest BCUT2D eigenvalue weighted by atomic mass is 10.2. The Labute approximate surface area is 113 Å². The predicted octanol–water partition coefficient (Wildman–Crippen LogP) is 1.81. The molecular formula is C15H10N4O. The van der Waals surface area contributed by atoms with Crippen molar-refractivity contribution in [1.29, 1.82) is 0 Å². The Morgan fingerprint density at radius 1 is 0.900 bits per heavy atom. The molecular weight excluding hydrogens is 252 g/mol. The van der Waals surface area contributed by atoms with Crippen molar-refractivity contribution in [2.45, 2.75) is 0 Å². The molecule has 0 spiro atoms. The fourth-order valence-electron chi connectivity index (χ4n) is 2.27. The van der Waals surface area contributed by atoms with Crippen LogP contribution in [0.5, 0.6) is 5.88 Å². The number of aromatic nitrogens is 1. The molecule has 0 bridgehead atoms. The number of para-hydroxylation sites is 3. The van der Waals surface area contributed by atoms with Crippen molar-refractivity contribution in [3.63, 3.8) is 0 Å². The third-order valence-corrected chi connectivity index (χ3v) is 3.19. The molecule has 0 saturated heterocycles. The Morgan fingerprint density at radius 2 is 1.55 bits per heavy atom. The van der Waals surface area contributed by atoms with Crippen molar-refractivity contribution in [1.82, 2.24) is 4.98 Å². The Morgan fingerprint density at radius 3 is 2.30 bits per heavy atom. The Hall–Kier alpha value is -2.95. The number of guanidine groups is 1. The van der Waals surface area contributed by atoms with Gasteiger partial charge in [0.05, 0.1) is 16.2 Å². The number of nitrogens with one attached hydrogen (secondary N) is 1. The van der Waals surface area contributed by atoms with E-state index in [4.69, 9.17) is 0 Å². The summed E-state index contributed by atoms with van der Waals surface area (Å²) in [7, 11) is 0. The first-order valence-electron chi connectivity index (χ1n) is 6.22. The van der Waals surface area contributed by atoms with Crippen molar-refractivity contribution < 1.29 is 5.11 Å². The number of benzene rings is 2. The summed E-state index contributed by atoms with van der Waals surface area (Å²) in [5.74, 6) is 0.381. The minimum atomic E-state index is 0.0278. The standard InChI is InChI=1S/C15H10N4O/c20-14-13(9-5-1-2-6-10(9)16-14)19-15-17-11-7-3-4-8-12(11)18-15/h1-8,16,20H. The van der Waals surface area contributed by atoms with E-state index in [9.17, 15) is 5.11 Å². The quantitative estimate of drug-likeness (QED) is 0.689. The molecule has 0 fully saturated rings. The Kier molecular flexibility index (Phi) is 2.20. The van der Waals surface area contributed by atoms with E-state index < -0.39 is 0 Å². The second-order valence-corrected chi connectivity index (χ2v) is 4.49. The lowest BCUT2D eigenvalue weighted by Crippen LogP contribution is -2.19. The Bertz CT molecular complexity index is 932. The summed E-state index contributed by atoms with van der Waals surface area (Å²) in [6.07, 6.45) is 0. The van der Waals surface area contributed by atoms with Crippen molar-refractivity contribution in [3.05, 3.63) is 59.2 Å². The highest BCUT2D eigenvalue weighted by atomic mass is 16.3. The predicted molar refractivity (Wildman–Crippen MR) is 75.8 cm³/mol. The smallest absolute Gasteiger partial charge is 0.251 e. The molecule has 2 heterocycles. The maximum atomic E-state index is 9.97. The molecule has 4 rings (SSSR count). The zero-order valence-electron chi connectivity index (χ0n) is 10.4. The van der Waals surface area contributed by atoms with Crippen LogP contribution in [0.15, 0.2) is 63.5 Å². The lowest BCUT2D eigenvalue weighted by Gasteiger charge is -1.92. The van der Waals surface area contributed by atoms with E-state index in [1.165, 1.54) is 0 Å². The zero-order valence-corrected chi connectivity index (χ0v) is 10.4. The number of nitrogens with zero attached hydrogens (tertiary/aromatic N) is 3. The van der Waals surface area contributed by atoms with E-state index in [1.807, 2.05) is 48.5 Å². The van der Waals surface area contributed by atoms with Crippen molar-refractivity contribution in [2.75, 3.05) is 0 Å². The van der Waals surface area contributed by atoms with Crippen LogP contribution in [-0.4, -0.2) is 16.1 Å². The molecule has 2 N–H and O–H groups in total. The lowest BCUT2D eigenvalue weighted by molar-refractivity contribution is 0.460. The molecule has 5 heteroatoms. The topological polar surface area (TPSA) is 73.1 Å². The molecule has 5 nitrogen and oxygen atoms in total. The molecule has 0 radical (unpaired) electrons. The number of aromatic hydroxyl groups is 1. The molecule has 1 aliphatic rings. The third kappa shape index (κ3) is 1.60. The van der Waals surface area contributed by atoms with Crippen LogP contribution in [-0.2, 0) is 0 Å². The van der Waals surface area contributed by atoms with Gasteiger partial charge in [0.15, 0.2) is 0 Å². The van der Waals surface area contributed by atoms with Crippen LogP contribution in [0, 0.1) is 0 Å². The van der Waals surface area contributed by atoms with E-state index in [1.54, 1.807) is 0 Å². The van der Waals surface area contributed by atoms with Gasteiger partial charge in [0.1, 0.15) is 5.69 Å². The van der Waals surface area contributed by atoms with E-state index in [-0.39, 0.29) is 5.88 Å². The van der Waals surface area contributed by atoms with Gasteiger partial charge in [0.25, 0.3) is 5.96 Å². The van der Waals surface area contributed by atoms with Gasteiger partial charge >= 0.3 is 0 Å². The maximum absolute atomic E-state index is 9.97. The summed E-state index contributed by atoms with van der Waals surface area (Å²) in [4.78, 5) is 15.9. The van der Waals surface area contributed by atoms with E-state index in [0.717, 1.165) is 21.6 Å². The maximum Gasteiger partial charge on any atom is 0.251 e. The molecule has 0 aliphatic carbocycles. The summed E-state index contributed by atoms with van der Waals surface area (Å²) in [5.41, 5.74) is 1.30. The van der Waals surface area contributed by atoms with Crippen LogP contribution in [0.2, 0.25) is 0 Å². The first kappa shape index (κ1) is 10.9. The monoisotopic (exact) mass is 262 g/mol. The highest BCUT2D eigenvalue weighted by molar-refractivity contribution is 5.98. The van der Waals surface area contributed by atoms with Crippen molar-refractivity contribution >= 4 is 22.5 Å². The van der Waals surface area contributed by atoms with Gasteiger partial charge in [-0.1, -0.05) is 30.3 Å². The summed E-state index contributed by atoms with van der Waals surface area (Å²) in [6.45, 7) is 0. The summed E-state index contributed by atoms with van der Waals surface area (Å²) < 4.78 is 0. The van der Waals surface area contributed by atoms with Gasteiger partial charge in [-0.25, -0.2) is 15.0 Å². The van der Waals surface area contributed by atoms with Crippen LogP contribution in [0.25, 0.3) is 10.9 Å². The van der Waals surface area contributed by atoms with Gasteiger partial charge in [0.2, 0.25) is 5.88 Å². The SMILES string of the molecule is Oc1[nH]c2ccccc2c1N=C1N=c2ccccc2=N1. The normalized spacial score (nSPS) is 12.9. The summed E-state index contributed by atoms with van der Waals surface area (Å²) in [5, 5.41) is 12.4. The van der Waals surface area contributed by atoms with Crippen LogP contribution < -0.4 is 10.7 Å². The molecule has 1 aliphatic heterocycles. The molecule has 3 aromatic rings. The number of rotatable bonds is 1. The molecule has 0 atom stereocenters. The second kappa shape index (κ2) is 4.03. The van der Waals surface area contributed by atoms with Gasteiger partial charge in [-0.15, -0.1) is 0 Å². The number of hydrogen-bond acceptors (Lipinski definition) is 2. The average Bonchev–Trinajstić information content (AvgIpc) is 3.00. The van der Waals surface area contributed by atoms with Crippen LogP contribution in [0.4, 0.5) is 5.69 Å². The van der Waals surface area contributed by atoms with E-state index in [2.05, 4.69) is 20.0 Å². The van der Waals surface area contributed by atoms with Crippen molar-refractivity contribution in [3.8, 4) is 5.88 Å². The molecule has 96 valence electrons. The first-order chi connectivity index (χ1) is 9.81. The minimum absolute atomic E-state index is 0.0278. The van der Waals surface area contributed by atoms with E-state index >= 15 is 0 Å². The molecule has 1 aromatic heterocycles. The number of fused-ring (bicyclic) bond motifs is 2. The number of aromatic amines is 1. The first-order valence-corrected chi connectivity index (χ1v) is 6.22. The molecule has 2 aromatic carbocycles.